The van der Waals surface area contributed by atoms with Gasteiger partial charge in [0, 0.05) is 6.20 Å². The topological polar surface area (TPSA) is 78.7 Å². The molecule has 0 bridgehead atoms. The van der Waals surface area contributed by atoms with Gasteiger partial charge in [-0.15, -0.1) is 0 Å². The predicted octanol–water partition coefficient (Wildman–Crippen LogP) is 3.12. The zero-order valence-electron chi connectivity index (χ0n) is 11.1. The average Bonchev–Trinajstić information content (AvgIpc) is 2.88. The van der Waals surface area contributed by atoms with E-state index in [1.54, 1.807) is 6.07 Å². The van der Waals surface area contributed by atoms with Crippen LogP contribution in [0.2, 0.25) is 0 Å². The predicted molar refractivity (Wildman–Crippen MR) is 81.3 cm³/mol. The van der Waals surface area contributed by atoms with E-state index >= 15 is 0 Å². The highest BCUT2D eigenvalue weighted by Gasteiger charge is 2.11. The van der Waals surface area contributed by atoms with Gasteiger partial charge in [-0.2, -0.15) is 5.26 Å². The summed E-state index contributed by atoms with van der Waals surface area (Å²) in [4.78, 5) is 20.4. The van der Waals surface area contributed by atoms with Crippen LogP contribution >= 0.6 is 11.3 Å². The highest BCUT2D eigenvalue weighted by atomic mass is 32.1. The fourth-order valence-corrected chi connectivity index (χ4v) is 2.80. The van der Waals surface area contributed by atoms with E-state index < -0.39 is 0 Å². The molecule has 5 nitrogen and oxygen atoms in total. The van der Waals surface area contributed by atoms with Gasteiger partial charge in [0.1, 0.15) is 11.8 Å². The quantitative estimate of drug-likeness (QED) is 0.787. The Labute approximate surface area is 124 Å². The molecule has 2 heterocycles. The Hall–Kier alpha value is -2.78. The molecule has 21 heavy (non-hydrogen) atoms. The van der Waals surface area contributed by atoms with Crippen LogP contribution in [0.15, 0.2) is 36.5 Å². The maximum absolute atomic E-state index is 12.1. The van der Waals surface area contributed by atoms with Crippen molar-refractivity contribution in [2.45, 2.75) is 6.92 Å². The van der Waals surface area contributed by atoms with Crippen molar-refractivity contribution in [1.29, 1.82) is 5.26 Å². The summed E-state index contributed by atoms with van der Waals surface area (Å²) in [5.74, 6) is -0.338. The third-order valence-corrected chi connectivity index (χ3v) is 3.82. The van der Waals surface area contributed by atoms with E-state index in [1.165, 1.54) is 23.6 Å². The molecule has 0 saturated heterocycles. The number of hydrogen-bond acceptors (Lipinski definition) is 5. The summed E-state index contributed by atoms with van der Waals surface area (Å²) in [5, 5.41) is 12.0. The number of aromatic nitrogens is 2. The molecule has 0 aliphatic rings. The van der Waals surface area contributed by atoms with Gasteiger partial charge in [0.25, 0.3) is 5.91 Å². The highest BCUT2D eigenvalue weighted by molar-refractivity contribution is 7.22. The van der Waals surface area contributed by atoms with Gasteiger partial charge in [-0.25, -0.2) is 9.97 Å². The lowest BCUT2D eigenvalue weighted by atomic mass is 10.2. The minimum atomic E-state index is -0.338. The van der Waals surface area contributed by atoms with Crippen LogP contribution < -0.4 is 5.32 Å². The third-order valence-electron chi connectivity index (χ3n) is 2.89. The number of fused-ring (bicyclic) bond motifs is 1. The molecule has 0 aliphatic heterocycles. The van der Waals surface area contributed by atoms with Crippen molar-refractivity contribution in [1.82, 2.24) is 9.97 Å². The summed E-state index contributed by atoms with van der Waals surface area (Å²) in [5.41, 5.74) is 2.68. The smallest absolute Gasteiger partial charge is 0.276 e. The summed E-state index contributed by atoms with van der Waals surface area (Å²) >= 11 is 1.42. The maximum atomic E-state index is 12.1. The number of carbonyl (C=O) groups excluding carboxylic acids is 1. The van der Waals surface area contributed by atoms with Gasteiger partial charge in [0.2, 0.25) is 0 Å². The Morgan fingerprint density at radius 1 is 1.33 bits per heavy atom. The number of nitrogens with zero attached hydrogens (tertiary/aromatic N) is 3. The van der Waals surface area contributed by atoms with E-state index in [0.29, 0.717) is 10.7 Å². The van der Waals surface area contributed by atoms with Gasteiger partial charge in [-0.05, 0) is 36.8 Å². The van der Waals surface area contributed by atoms with Gasteiger partial charge in [0.05, 0.1) is 15.8 Å². The van der Waals surface area contributed by atoms with Gasteiger partial charge < -0.3 is 0 Å². The van der Waals surface area contributed by atoms with Crippen molar-refractivity contribution < 1.29 is 4.79 Å². The Balaban J connectivity index is 1.83. The molecule has 0 radical (unpaired) electrons. The first-order valence-corrected chi connectivity index (χ1v) is 7.02. The minimum absolute atomic E-state index is 0.254. The number of rotatable bonds is 2. The molecule has 1 N–H and O–H groups in total. The van der Waals surface area contributed by atoms with Crippen molar-refractivity contribution in [3.63, 3.8) is 0 Å². The second kappa shape index (κ2) is 5.31. The molecule has 1 amide bonds. The summed E-state index contributed by atoms with van der Waals surface area (Å²) in [6.07, 6.45) is 1.37. The standard InChI is InChI=1S/C15H10N4OS/c1-9-2-4-11-13(6-9)21-15(18-11)19-14(20)12-5-3-10(7-16)8-17-12/h2-6,8H,1H3,(H,18,19,20). The molecular formula is C15H10N4OS. The van der Waals surface area contributed by atoms with Crippen LogP contribution in [0.5, 0.6) is 0 Å². The number of pyridine rings is 1. The molecule has 2 aromatic heterocycles. The first-order valence-electron chi connectivity index (χ1n) is 6.20. The summed E-state index contributed by atoms with van der Waals surface area (Å²) < 4.78 is 1.03. The number of anilines is 1. The van der Waals surface area contributed by atoms with Crippen molar-refractivity contribution >= 4 is 32.6 Å². The zero-order chi connectivity index (χ0) is 14.8. The number of amides is 1. The lowest BCUT2D eigenvalue weighted by Gasteiger charge is -2.00. The maximum Gasteiger partial charge on any atom is 0.276 e. The second-order valence-electron chi connectivity index (χ2n) is 4.49. The molecule has 0 unspecified atom stereocenters. The van der Waals surface area contributed by atoms with Crippen LogP contribution in [0.25, 0.3) is 10.2 Å². The van der Waals surface area contributed by atoms with Crippen LogP contribution in [0.3, 0.4) is 0 Å². The summed E-state index contributed by atoms with van der Waals surface area (Å²) in [7, 11) is 0. The number of nitrogens with one attached hydrogen (secondary N) is 1. The van der Waals surface area contributed by atoms with Gasteiger partial charge in [-0.1, -0.05) is 17.4 Å². The molecule has 102 valence electrons. The largest absolute Gasteiger partial charge is 0.296 e. The number of nitriles is 1. The van der Waals surface area contributed by atoms with Crippen LogP contribution in [0.1, 0.15) is 21.6 Å². The number of aryl methyl sites for hydroxylation is 1. The van der Waals surface area contributed by atoms with Crippen LogP contribution in [0.4, 0.5) is 5.13 Å². The lowest BCUT2D eigenvalue weighted by molar-refractivity contribution is 0.102. The van der Waals surface area contributed by atoms with E-state index in [0.717, 1.165) is 15.8 Å². The second-order valence-corrected chi connectivity index (χ2v) is 5.52. The van der Waals surface area contributed by atoms with E-state index in [1.807, 2.05) is 31.2 Å². The number of hydrogen-bond donors (Lipinski definition) is 1. The molecule has 0 spiro atoms. The molecule has 0 atom stereocenters. The molecule has 0 saturated carbocycles. The number of thiazole rings is 1. The molecule has 0 fully saturated rings. The fraction of sp³-hybridized carbons (Fsp3) is 0.0667. The molecule has 1 aromatic carbocycles. The molecule has 3 aromatic rings. The lowest BCUT2D eigenvalue weighted by Crippen LogP contribution is -2.13. The Morgan fingerprint density at radius 3 is 2.90 bits per heavy atom. The van der Waals surface area contributed by atoms with Crippen molar-refractivity contribution in [3.05, 3.63) is 53.3 Å². The molecule has 3 rings (SSSR count). The number of benzene rings is 1. The van der Waals surface area contributed by atoms with Crippen molar-refractivity contribution in [3.8, 4) is 6.07 Å². The number of carbonyl (C=O) groups is 1. The first kappa shape index (κ1) is 13.2. The van der Waals surface area contributed by atoms with Gasteiger partial charge >= 0.3 is 0 Å². The van der Waals surface area contributed by atoms with E-state index in [9.17, 15) is 4.79 Å². The van der Waals surface area contributed by atoms with Crippen LogP contribution in [0, 0.1) is 18.3 Å². The van der Waals surface area contributed by atoms with Gasteiger partial charge in [-0.3, -0.25) is 10.1 Å². The first-order chi connectivity index (χ1) is 10.2. The Kier molecular flexibility index (Phi) is 3.34. The third kappa shape index (κ3) is 2.73. The van der Waals surface area contributed by atoms with Crippen LogP contribution in [-0.4, -0.2) is 15.9 Å². The zero-order valence-corrected chi connectivity index (χ0v) is 11.9. The molecule has 6 heteroatoms. The van der Waals surface area contributed by atoms with Crippen molar-refractivity contribution in [2.75, 3.05) is 5.32 Å². The monoisotopic (exact) mass is 294 g/mol. The SMILES string of the molecule is Cc1ccc2nc(NC(=O)c3ccc(C#N)cn3)sc2c1. The van der Waals surface area contributed by atoms with E-state index in [2.05, 4.69) is 15.3 Å². The normalized spacial score (nSPS) is 10.3. The highest BCUT2D eigenvalue weighted by Crippen LogP contribution is 2.26. The average molecular weight is 294 g/mol. The van der Waals surface area contributed by atoms with Gasteiger partial charge in [0.15, 0.2) is 5.13 Å². The fourth-order valence-electron chi connectivity index (χ4n) is 1.84. The van der Waals surface area contributed by atoms with E-state index in [-0.39, 0.29) is 11.6 Å². The molecule has 0 aliphatic carbocycles. The Bertz CT molecular complexity index is 862. The van der Waals surface area contributed by atoms with Crippen LogP contribution in [-0.2, 0) is 0 Å². The summed E-state index contributed by atoms with van der Waals surface area (Å²) in [6.45, 7) is 2.01. The minimum Gasteiger partial charge on any atom is -0.296 e. The van der Waals surface area contributed by atoms with E-state index in [4.69, 9.17) is 5.26 Å². The Morgan fingerprint density at radius 2 is 2.19 bits per heavy atom. The van der Waals surface area contributed by atoms with Crippen molar-refractivity contribution in [2.24, 2.45) is 0 Å². The summed E-state index contributed by atoms with van der Waals surface area (Å²) in [6, 6.07) is 11.0. The molecular weight excluding hydrogens is 284 g/mol.